The fraction of sp³-hybridized carbons (Fsp3) is 0.562. The first-order valence-corrected chi connectivity index (χ1v) is 8.12. The van der Waals surface area contributed by atoms with Crippen molar-refractivity contribution in [1.29, 1.82) is 0 Å². The maximum absolute atomic E-state index is 12.8. The monoisotopic (exact) mass is 307 g/mol. The van der Waals surface area contributed by atoms with Gasteiger partial charge in [-0.1, -0.05) is 30.9 Å². The molecule has 1 aliphatic carbocycles. The van der Waals surface area contributed by atoms with Gasteiger partial charge in [0.25, 0.3) is 5.91 Å². The first kappa shape index (κ1) is 14.7. The van der Waals surface area contributed by atoms with E-state index in [4.69, 9.17) is 17.4 Å². The van der Waals surface area contributed by atoms with Gasteiger partial charge in [-0.25, -0.2) is 0 Å². The molecule has 2 fully saturated rings. The van der Waals surface area contributed by atoms with E-state index in [0.717, 1.165) is 25.4 Å². The SMILES string of the molecule is NNc1ccc(Cl)cc1C(=O)N1CCC2CCCCC2C1. The summed E-state index contributed by atoms with van der Waals surface area (Å²) in [6.45, 7) is 1.72. The fourth-order valence-electron chi connectivity index (χ4n) is 3.77. The molecule has 1 heterocycles. The van der Waals surface area contributed by atoms with Crippen LogP contribution < -0.4 is 11.3 Å². The topological polar surface area (TPSA) is 58.4 Å². The van der Waals surface area contributed by atoms with Gasteiger partial charge in [-0.05, 0) is 42.9 Å². The largest absolute Gasteiger partial charge is 0.338 e. The van der Waals surface area contributed by atoms with Crippen molar-refractivity contribution in [3.63, 3.8) is 0 Å². The molecule has 3 rings (SSSR count). The number of hydrazine groups is 1. The Balaban J connectivity index is 1.77. The zero-order valence-electron chi connectivity index (χ0n) is 12.1. The number of piperidine rings is 1. The number of benzene rings is 1. The molecule has 0 aromatic heterocycles. The van der Waals surface area contributed by atoms with Crippen molar-refractivity contribution < 1.29 is 4.79 Å². The number of nitrogens with one attached hydrogen (secondary N) is 1. The molecule has 1 amide bonds. The van der Waals surface area contributed by atoms with Gasteiger partial charge < -0.3 is 10.3 Å². The van der Waals surface area contributed by atoms with E-state index in [1.54, 1.807) is 18.2 Å². The second-order valence-corrected chi connectivity index (χ2v) is 6.62. The summed E-state index contributed by atoms with van der Waals surface area (Å²) in [6.07, 6.45) is 6.37. The predicted octanol–water partition coefficient (Wildman–Crippen LogP) is 3.28. The number of rotatable bonds is 2. The molecule has 1 aromatic rings. The molecule has 0 radical (unpaired) electrons. The maximum Gasteiger partial charge on any atom is 0.256 e. The number of nitrogen functional groups attached to an aromatic ring is 1. The summed E-state index contributed by atoms with van der Waals surface area (Å²) in [5.74, 6) is 7.03. The number of hydrogen-bond acceptors (Lipinski definition) is 3. The lowest BCUT2D eigenvalue weighted by atomic mass is 9.75. The Bertz CT molecular complexity index is 534. The van der Waals surface area contributed by atoms with Crippen molar-refractivity contribution in [2.24, 2.45) is 17.7 Å². The number of amides is 1. The van der Waals surface area contributed by atoms with Gasteiger partial charge in [0.05, 0.1) is 11.3 Å². The Morgan fingerprint density at radius 2 is 2.00 bits per heavy atom. The summed E-state index contributed by atoms with van der Waals surface area (Å²) in [5, 5.41) is 0.560. The highest BCUT2D eigenvalue weighted by atomic mass is 35.5. The average Bonchev–Trinajstić information content (AvgIpc) is 2.53. The molecule has 1 saturated heterocycles. The Kier molecular flexibility index (Phi) is 4.36. The van der Waals surface area contributed by atoms with Crippen molar-refractivity contribution in [2.45, 2.75) is 32.1 Å². The van der Waals surface area contributed by atoms with Crippen LogP contribution in [0.15, 0.2) is 18.2 Å². The van der Waals surface area contributed by atoms with Gasteiger partial charge in [0.2, 0.25) is 0 Å². The molecule has 3 N–H and O–H groups in total. The Labute approximate surface area is 130 Å². The maximum atomic E-state index is 12.8. The van der Waals surface area contributed by atoms with Crippen molar-refractivity contribution in [2.75, 3.05) is 18.5 Å². The number of anilines is 1. The molecule has 0 bridgehead atoms. The van der Waals surface area contributed by atoms with Crippen molar-refractivity contribution >= 4 is 23.2 Å². The van der Waals surface area contributed by atoms with Crippen LogP contribution in [0.5, 0.6) is 0 Å². The van der Waals surface area contributed by atoms with E-state index in [0.29, 0.717) is 22.2 Å². The van der Waals surface area contributed by atoms with E-state index in [1.807, 2.05) is 4.90 Å². The minimum absolute atomic E-state index is 0.0365. The van der Waals surface area contributed by atoms with Crippen molar-refractivity contribution in [3.8, 4) is 0 Å². The Hall–Kier alpha value is -1.26. The molecule has 1 aromatic carbocycles. The summed E-state index contributed by atoms with van der Waals surface area (Å²) in [7, 11) is 0. The number of nitrogens with two attached hydrogens (primary N) is 1. The lowest BCUT2D eigenvalue weighted by Gasteiger charge is -2.41. The van der Waals surface area contributed by atoms with E-state index in [-0.39, 0.29) is 5.91 Å². The van der Waals surface area contributed by atoms with Gasteiger partial charge in [0, 0.05) is 18.1 Å². The van der Waals surface area contributed by atoms with Crippen LogP contribution in [0.1, 0.15) is 42.5 Å². The predicted molar refractivity (Wildman–Crippen MR) is 85.2 cm³/mol. The Morgan fingerprint density at radius 3 is 2.76 bits per heavy atom. The molecule has 114 valence electrons. The van der Waals surface area contributed by atoms with Crippen molar-refractivity contribution in [1.82, 2.24) is 4.90 Å². The molecular weight excluding hydrogens is 286 g/mol. The van der Waals surface area contributed by atoms with Gasteiger partial charge in [-0.2, -0.15) is 0 Å². The first-order valence-electron chi connectivity index (χ1n) is 7.74. The van der Waals surface area contributed by atoms with Crippen LogP contribution in [0.25, 0.3) is 0 Å². The number of fused-ring (bicyclic) bond motifs is 1. The van der Waals surface area contributed by atoms with Gasteiger partial charge in [0.15, 0.2) is 0 Å². The van der Waals surface area contributed by atoms with Crippen LogP contribution in [0, 0.1) is 11.8 Å². The summed E-state index contributed by atoms with van der Waals surface area (Å²) in [6, 6.07) is 5.19. The van der Waals surface area contributed by atoms with Gasteiger partial charge in [-0.3, -0.25) is 10.6 Å². The van der Waals surface area contributed by atoms with Crippen LogP contribution in [-0.4, -0.2) is 23.9 Å². The van der Waals surface area contributed by atoms with E-state index in [2.05, 4.69) is 5.43 Å². The molecule has 2 aliphatic rings. The molecule has 0 spiro atoms. The molecule has 21 heavy (non-hydrogen) atoms. The number of halogens is 1. The molecule has 5 heteroatoms. The van der Waals surface area contributed by atoms with E-state index < -0.39 is 0 Å². The quantitative estimate of drug-likeness (QED) is 0.651. The number of carbonyl (C=O) groups excluding carboxylic acids is 1. The zero-order valence-corrected chi connectivity index (χ0v) is 12.9. The molecule has 2 unspecified atom stereocenters. The highest BCUT2D eigenvalue weighted by Gasteiger charge is 2.33. The summed E-state index contributed by atoms with van der Waals surface area (Å²) in [4.78, 5) is 14.7. The van der Waals surface area contributed by atoms with Crippen LogP contribution in [0.2, 0.25) is 5.02 Å². The Morgan fingerprint density at radius 1 is 1.24 bits per heavy atom. The lowest BCUT2D eigenvalue weighted by molar-refractivity contribution is 0.0522. The smallest absolute Gasteiger partial charge is 0.256 e. The van der Waals surface area contributed by atoms with E-state index in [9.17, 15) is 4.79 Å². The summed E-state index contributed by atoms with van der Waals surface area (Å²) < 4.78 is 0. The third kappa shape index (κ3) is 3.01. The molecule has 4 nitrogen and oxygen atoms in total. The van der Waals surface area contributed by atoms with E-state index >= 15 is 0 Å². The third-order valence-electron chi connectivity index (χ3n) is 4.95. The standard InChI is InChI=1S/C16H22ClN3O/c17-13-5-6-15(19-18)14(9-13)16(21)20-8-7-11-3-1-2-4-12(11)10-20/h5-6,9,11-12,19H,1-4,7-8,10,18H2. The molecule has 2 atom stereocenters. The molecule has 1 saturated carbocycles. The van der Waals surface area contributed by atoms with Gasteiger partial charge in [0.1, 0.15) is 0 Å². The zero-order chi connectivity index (χ0) is 14.8. The summed E-state index contributed by atoms with van der Waals surface area (Å²) >= 11 is 6.03. The number of carbonyl (C=O) groups is 1. The first-order chi connectivity index (χ1) is 10.2. The van der Waals surface area contributed by atoms with Crippen LogP contribution in [0.4, 0.5) is 5.69 Å². The fourth-order valence-corrected chi connectivity index (χ4v) is 3.95. The second kappa shape index (κ2) is 6.24. The van der Waals surface area contributed by atoms with Gasteiger partial charge in [-0.15, -0.1) is 0 Å². The highest BCUT2D eigenvalue weighted by Crippen LogP contribution is 2.36. The average molecular weight is 308 g/mol. The minimum Gasteiger partial charge on any atom is -0.338 e. The minimum atomic E-state index is 0.0365. The van der Waals surface area contributed by atoms with Crippen LogP contribution in [0.3, 0.4) is 0 Å². The number of likely N-dealkylation sites (tertiary alicyclic amines) is 1. The summed E-state index contributed by atoms with van der Waals surface area (Å²) in [5.41, 5.74) is 3.80. The lowest BCUT2D eigenvalue weighted by Crippen LogP contribution is -2.45. The van der Waals surface area contributed by atoms with Gasteiger partial charge >= 0.3 is 0 Å². The second-order valence-electron chi connectivity index (χ2n) is 6.18. The normalized spacial score (nSPS) is 25.3. The van der Waals surface area contributed by atoms with Crippen molar-refractivity contribution in [3.05, 3.63) is 28.8 Å². The molecule has 1 aliphatic heterocycles. The number of nitrogens with zero attached hydrogens (tertiary/aromatic N) is 1. The third-order valence-corrected chi connectivity index (χ3v) is 5.18. The number of hydrogen-bond donors (Lipinski definition) is 2. The molecular formula is C16H22ClN3O. The van der Waals surface area contributed by atoms with Crippen LogP contribution >= 0.6 is 11.6 Å². The van der Waals surface area contributed by atoms with Crippen LogP contribution in [-0.2, 0) is 0 Å². The van der Waals surface area contributed by atoms with E-state index in [1.165, 1.54) is 25.7 Å². The highest BCUT2D eigenvalue weighted by molar-refractivity contribution is 6.31.